The number of hydrogen-bond donors (Lipinski definition) is 2. The third-order valence-corrected chi connectivity index (χ3v) is 4.72. The van der Waals surface area contributed by atoms with Crippen molar-refractivity contribution in [1.29, 1.82) is 0 Å². The monoisotopic (exact) mass is 353 g/mol. The molecule has 0 saturated carbocycles. The van der Waals surface area contributed by atoms with Gasteiger partial charge in [0, 0.05) is 24.5 Å². The molecule has 1 amide bonds. The summed E-state index contributed by atoms with van der Waals surface area (Å²) >= 11 is 0. The number of aromatic amines is 1. The lowest BCUT2D eigenvalue weighted by Gasteiger charge is -2.19. The zero-order valence-electron chi connectivity index (χ0n) is 14.3. The fraction of sp³-hybridized carbons (Fsp3) is 0.333. The molecule has 26 heavy (non-hydrogen) atoms. The van der Waals surface area contributed by atoms with E-state index in [1.165, 1.54) is 12.6 Å². The van der Waals surface area contributed by atoms with Crippen LogP contribution in [-0.2, 0) is 18.2 Å². The summed E-state index contributed by atoms with van der Waals surface area (Å²) in [5.41, 5.74) is 1.71. The molecule has 1 fully saturated rings. The van der Waals surface area contributed by atoms with E-state index in [-0.39, 0.29) is 17.8 Å². The Morgan fingerprint density at radius 2 is 2.19 bits per heavy atom. The van der Waals surface area contributed by atoms with E-state index in [2.05, 4.69) is 26.4 Å². The predicted molar refractivity (Wildman–Crippen MR) is 94.8 cm³/mol. The van der Waals surface area contributed by atoms with Crippen LogP contribution < -0.4 is 11.0 Å². The highest BCUT2D eigenvalue weighted by Crippen LogP contribution is 2.24. The molecule has 2 N–H and O–H groups in total. The second kappa shape index (κ2) is 6.72. The van der Waals surface area contributed by atoms with Crippen molar-refractivity contribution >= 4 is 16.8 Å². The smallest absolute Gasteiger partial charge is 0.343 e. The summed E-state index contributed by atoms with van der Waals surface area (Å²) in [6, 6.07) is 9.87. The van der Waals surface area contributed by atoms with Crippen molar-refractivity contribution < 1.29 is 9.53 Å². The van der Waals surface area contributed by atoms with Crippen molar-refractivity contribution in [1.82, 2.24) is 25.1 Å². The van der Waals surface area contributed by atoms with Crippen LogP contribution in [0.25, 0.3) is 10.9 Å². The maximum Gasteiger partial charge on any atom is 0.343 e. The van der Waals surface area contributed by atoms with Crippen LogP contribution in [0.5, 0.6) is 0 Å². The molecule has 1 aliphatic rings. The lowest BCUT2D eigenvalue weighted by atomic mass is 9.93. The quantitative estimate of drug-likeness (QED) is 0.717. The van der Waals surface area contributed by atoms with Gasteiger partial charge in [0.05, 0.1) is 24.8 Å². The Bertz CT molecular complexity index is 1000. The van der Waals surface area contributed by atoms with Gasteiger partial charge in [-0.3, -0.25) is 14.8 Å². The summed E-state index contributed by atoms with van der Waals surface area (Å²) in [7, 11) is 1.49. The molecule has 0 bridgehead atoms. The first-order chi connectivity index (χ1) is 12.6. The minimum absolute atomic E-state index is 0.0116. The van der Waals surface area contributed by atoms with Crippen molar-refractivity contribution in [2.75, 3.05) is 13.2 Å². The van der Waals surface area contributed by atoms with Crippen molar-refractivity contribution in [3.05, 3.63) is 58.4 Å². The van der Waals surface area contributed by atoms with Gasteiger partial charge in [0.15, 0.2) is 0 Å². The summed E-state index contributed by atoms with van der Waals surface area (Å²) in [4.78, 5) is 30.6. The van der Waals surface area contributed by atoms with Gasteiger partial charge < -0.3 is 10.1 Å². The van der Waals surface area contributed by atoms with E-state index in [1.807, 2.05) is 24.3 Å². The lowest BCUT2D eigenvalue weighted by molar-refractivity contribution is 0.0914. The molecule has 1 saturated heterocycles. The zero-order chi connectivity index (χ0) is 18.1. The first kappa shape index (κ1) is 16.5. The predicted octanol–water partition coefficient (Wildman–Crippen LogP) is 0.644. The number of nitrogens with zero attached hydrogens (tertiary/aromatic N) is 3. The van der Waals surface area contributed by atoms with Crippen LogP contribution in [0.3, 0.4) is 0 Å². The number of carbonyl (C=O) groups excluding carboxylic acids is 1. The number of fused-ring (bicyclic) bond motifs is 1. The molecule has 134 valence electrons. The number of amides is 1. The molecular weight excluding hydrogens is 334 g/mol. The highest BCUT2D eigenvalue weighted by Gasteiger charge is 2.31. The van der Waals surface area contributed by atoms with Gasteiger partial charge in [-0.15, -0.1) is 5.10 Å². The van der Waals surface area contributed by atoms with Crippen molar-refractivity contribution in [2.24, 2.45) is 13.0 Å². The van der Waals surface area contributed by atoms with Gasteiger partial charge in [0.1, 0.15) is 0 Å². The number of H-pyrrole nitrogens is 1. The standard InChI is InChI=1S/C18H19N5O3/c1-23-18(25)21-16(22-23)17(24)20-15-10-26-9-12(15)8-11-6-7-19-14-5-3-2-4-13(11)14/h2-7,12,15H,8-10H2,1H3,(H,20,24)(H,21,22,25)/t12-,15-/m1/s1. The minimum atomic E-state index is -0.419. The molecule has 0 aliphatic carbocycles. The topological polar surface area (TPSA) is 102 Å². The lowest BCUT2D eigenvalue weighted by Crippen LogP contribution is -2.41. The Morgan fingerprint density at radius 1 is 1.35 bits per heavy atom. The summed E-state index contributed by atoms with van der Waals surface area (Å²) in [6.07, 6.45) is 2.58. The molecule has 4 rings (SSSR count). The van der Waals surface area contributed by atoms with E-state index in [0.29, 0.717) is 13.2 Å². The van der Waals surface area contributed by atoms with Crippen molar-refractivity contribution in [3.63, 3.8) is 0 Å². The van der Waals surface area contributed by atoms with Crippen LogP contribution in [0.2, 0.25) is 0 Å². The summed E-state index contributed by atoms with van der Waals surface area (Å²) in [5, 5.41) is 7.93. The van der Waals surface area contributed by atoms with Gasteiger partial charge in [-0.25, -0.2) is 9.48 Å². The number of aromatic nitrogens is 4. The van der Waals surface area contributed by atoms with Crippen LogP contribution in [0.1, 0.15) is 16.2 Å². The van der Waals surface area contributed by atoms with Gasteiger partial charge in [0.2, 0.25) is 5.82 Å². The Balaban J connectivity index is 1.51. The zero-order valence-corrected chi connectivity index (χ0v) is 14.3. The molecular formula is C18H19N5O3. The maximum atomic E-state index is 12.4. The highest BCUT2D eigenvalue weighted by atomic mass is 16.5. The molecule has 3 heterocycles. The van der Waals surface area contributed by atoms with Crippen LogP contribution in [0.15, 0.2) is 41.3 Å². The number of benzene rings is 1. The molecule has 0 radical (unpaired) electrons. The number of para-hydroxylation sites is 1. The maximum absolute atomic E-state index is 12.4. The summed E-state index contributed by atoms with van der Waals surface area (Å²) in [6.45, 7) is 1.01. The number of aryl methyl sites for hydroxylation is 1. The fourth-order valence-corrected chi connectivity index (χ4v) is 3.32. The van der Waals surface area contributed by atoms with E-state index in [1.54, 1.807) is 6.20 Å². The minimum Gasteiger partial charge on any atom is -0.379 e. The van der Waals surface area contributed by atoms with E-state index in [0.717, 1.165) is 22.0 Å². The summed E-state index contributed by atoms with van der Waals surface area (Å²) < 4.78 is 6.69. The van der Waals surface area contributed by atoms with Crippen molar-refractivity contribution in [2.45, 2.75) is 12.5 Å². The van der Waals surface area contributed by atoms with Gasteiger partial charge in [0.25, 0.3) is 5.91 Å². The Morgan fingerprint density at radius 3 is 3.00 bits per heavy atom. The molecule has 8 nitrogen and oxygen atoms in total. The van der Waals surface area contributed by atoms with Gasteiger partial charge in [-0.2, -0.15) is 0 Å². The average Bonchev–Trinajstić information content (AvgIpc) is 3.22. The highest BCUT2D eigenvalue weighted by molar-refractivity contribution is 5.90. The largest absolute Gasteiger partial charge is 0.379 e. The van der Waals surface area contributed by atoms with Crippen molar-refractivity contribution in [3.8, 4) is 0 Å². The first-order valence-corrected chi connectivity index (χ1v) is 8.46. The van der Waals surface area contributed by atoms with Gasteiger partial charge >= 0.3 is 5.69 Å². The van der Waals surface area contributed by atoms with Gasteiger partial charge in [-0.1, -0.05) is 18.2 Å². The third kappa shape index (κ3) is 3.11. The molecule has 8 heteroatoms. The third-order valence-electron chi connectivity index (χ3n) is 4.72. The van der Waals surface area contributed by atoms with E-state index in [4.69, 9.17) is 4.74 Å². The Labute approximate surface area is 149 Å². The number of hydrogen-bond acceptors (Lipinski definition) is 5. The Kier molecular flexibility index (Phi) is 4.26. The van der Waals surface area contributed by atoms with Crippen LogP contribution in [-0.4, -0.2) is 44.9 Å². The summed E-state index contributed by atoms with van der Waals surface area (Å²) in [5.74, 6) is -0.250. The molecule has 0 spiro atoms. The number of nitrogens with one attached hydrogen (secondary N) is 2. The van der Waals surface area contributed by atoms with Crippen LogP contribution in [0, 0.1) is 5.92 Å². The second-order valence-electron chi connectivity index (χ2n) is 6.47. The normalized spacial score (nSPS) is 19.7. The van der Waals surface area contributed by atoms with E-state index in [9.17, 15) is 9.59 Å². The number of ether oxygens (including phenoxy) is 1. The molecule has 2 aromatic heterocycles. The number of carbonyl (C=O) groups is 1. The first-order valence-electron chi connectivity index (χ1n) is 8.46. The Hall–Kier alpha value is -3.00. The average molecular weight is 353 g/mol. The van der Waals surface area contributed by atoms with E-state index < -0.39 is 11.6 Å². The number of pyridine rings is 1. The van der Waals surface area contributed by atoms with Crippen LogP contribution in [0.4, 0.5) is 0 Å². The van der Waals surface area contributed by atoms with E-state index >= 15 is 0 Å². The molecule has 0 unspecified atom stereocenters. The molecule has 2 atom stereocenters. The fourth-order valence-electron chi connectivity index (χ4n) is 3.32. The second-order valence-corrected chi connectivity index (χ2v) is 6.47. The molecule has 1 aromatic carbocycles. The molecule has 1 aliphatic heterocycles. The molecule has 3 aromatic rings. The van der Waals surface area contributed by atoms with Crippen LogP contribution >= 0.6 is 0 Å². The number of rotatable bonds is 4. The SMILES string of the molecule is Cn1nc(C(=O)N[C@@H]2COC[C@H]2Cc2ccnc3ccccc23)[nH]c1=O. The van der Waals surface area contributed by atoms with Gasteiger partial charge in [-0.05, 0) is 24.1 Å².